The predicted molar refractivity (Wildman–Crippen MR) is 47.4 cm³/mol. The molecule has 0 aliphatic heterocycles. The van der Waals surface area contributed by atoms with E-state index in [2.05, 4.69) is 13.8 Å². The van der Waals surface area contributed by atoms with E-state index in [1.807, 2.05) is 6.92 Å². The minimum atomic E-state index is 0.217. The van der Waals surface area contributed by atoms with Gasteiger partial charge in [0, 0.05) is 11.4 Å². The highest BCUT2D eigenvalue weighted by Crippen LogP contribution is 2.17. The summed E-state index contributed by atoms with van der Waals surface area (Å²) in [4.78, 5) is 0. The van der Waals surface area contributed by atoms with Gasteiger partial charge in [0.1, 0.15) is 0 Å². The van der Waals surface area contributed by atoms with Crippen molar-refractivity contribution in [1.82, 2.24) is 0 Å². The lowest BCUT2D eigenvalue weighted by atomic mass is 9.97. The maximum absolute atomic E-state index is 6.05. The molecule has 0 aromatic carbocycles. The Morgan fingerprint density at radius 2 is 1.90 bits per heavy atom. The van der Waals surface area contributed by atoms with Gasteiger partial charge in [0.15, 0.2) is 0 Å². The summed E-state index contributed by atoms with van der Waals surface area (Å²) in [7, 11) is 0. The Morgan fingerprint density at radius 3 is 2.20 bits per heavy atom. The normalized spacial score (nSPS) is 20.1. The molecular weight excluding hydrogens is 146 g/mol. The number of hydrogen-bond acceptors (Lipinski definition) is 1. The second-order valence-electron chi connectivity index (χ2n) is 3.02. The fourth-order valence-corrected chi connectivity index (χ4v) is 1.32. The number of hydrogen-bond donors (Lipinski definition) is 1. The number of rotatable bonds is 4. The summed E-state index contributed by atoms with van der Waals surface area (Å²) in [6, 6.07) is 0.217. The first-order chi connectivity index (χ1) is 4.59. The fourth-order valence-electron chi connectivity index (χ4n) is 0.868. The van der Waals surface area contributed by atoms with E-state index in [4.69, 9.17) is 17.3 Å². The lowest BCUT2D eigenvalue weighted by molar-refractivity contribution is 0.442. The van der Waals surface area contributed by atoms with Gasteiger partial charge in [0.25, 0.3) is 0 Å². The second kappa shape index (κ2) is 4.97. The summed E-state index contributed by atoms with van der Waals surface area (Å²) in [6.45, 7) is 6.26. The molecule has 0 radical (unpaired) electrons. The zero-order valence-electron chi connectivity index (χ0n) is 7.10. The minimum absolute atomic E-state index is 0.217. The van der Waals surface area contributed by atoms with Crippen LogP contribution in [0.3, 0.4) is 0 Å². The summed E-state index contributed by atoms with van der Waals surface area (Å²) in [5.74, 6) is 0.432. The van der Waals surface area contributed by atoms with E-state index < -0.39 is 0 Å². The maximum Gasteiger partial charge on any atom is 0.0376 e. The third-order valence-electron chi connectivity index (χ3n) is 1.96. The quantitative estimate of drug-likeness (QED) is 0.633. The molecule has 0 spiro atoms. The summed E-state index contributed by atoms with van der Waals surface area (Å²) < 4.78 is 0. The van der Waals surface area contributed by atoms with Gasteiger partial charge in [0.2, 0.25) is 0 Å². The first kappa shape index (κ1) is 10.2. The Bertz CT molecular complexity index is 83.3. The van der Waals surface area contributed by atoms with Crippen molar-refractivity contribution in [2.45, 2.75) is 45.0 Å². The molecule has 0 aliphatic rings. The lowest BCUT2D eigenvalue weighted by Gasteiger charge is -2.20. The van der Waals surface area contributed by atoms with Crippen LogP contribution in [0.15, 0.2) is 0 Å². The fraction of sp³-hybridized carbons (Fsp3) is 1.00. The van der Waals surface area contributed by atoms with Crippen LogP contribution in [0.5, 0.6) is 0 Å². The van der Waals surface area contributed by atoms with E-state index in [9.17, 15) is 0 Å². The third-order valence-corrected chi connectivity index (χ3v) is 2.58. The smallest absolute Gasteiger partial charge is 0.0376 e. The van der Waals surface area contributed by atoms with Gasteiger partial charge in [0.05, 0.1) is 0 Å². The molecule has 0 amide bonds. The van der Waals surface area contributed by atoms with Crippen LogP contribution >= 0.6 is 11.6 Å². The molecule has 2 N–H and O–H groups in total. The number of nitrogens with two attached hydrogens (primary N) is 1. The van der Waals surface area contributed by atoms with Crippen LogP contribution in [-0.4, -0.2) is 11.4 Å². The van der Waals surface area contributed by atoms with Gasteiger partial charge in [-0.1, -0.05) is 20.3 Å². The molecule has 3 atom stereocenters. The van der Waals surface area contributed by atoms with Crippen molar-refractivity contribution in [1.29, 1.82) is 0 Å². The van der Waals surface area contributed by atoms with Crippen molar-refractivity contribution in [2.24, 2.45) is 11.7 Å². The van der Waals surface area contributed by atoms with Gasteiger partial charge in [-0.05, 0) is 19.3 Å². The van der Waals surface area contributed by atoms with Crippen LogP contribution in [0.2, 0.25) is 0 Å². The van der Waals surface area contributed by atoms with Gasteiger partial charge in [-0.3, -0.25) is 0 Å². The van der Waals surface area contributed by atoms with Crippen molar-refractivity contribution in [3.63, 3.8) is 0 Å². The van der Waals surface area contributed by atoms with Crippen LogP contribution in [0.1, 0.15) is 33.6 Å². The monoisotopic (exact) mass is 163 g/mol. The summed E-state index contributed by atoms with van der Waals surface area (Å²) in [5.41, 5.74) is 5.68. The average Bonchev–Trinajstić information content (AvgIpc) is 1.87. The maximum atomic E-state index is 6.05. The molecule has 0 aliphatic carbocycles. The second-order valence-corrected chi connectivity index (χ2v) is 3.58. The van der Waals surface area contributed by atoms with Gasteiger partial charge < -0.3 is 5.73 Å². The van der Waals surface area contributed by atoms with Crippen LogP contribution in [-0.2, 0) is 0 Å². The lowest BCUT2D eigenvalue weighted by Crippen LogP contribution is -2.30. The zero-order chi connectivity index (χ0) is 8.15. The van der Waals surface area contributed by atoms with E-state index in [-0.39, 0.29) is 11.4 Å². The van der Waals surface area contributed by atoms with Crippen LogP contribution in [0.25, 0.3) is 0 Å². The molecule has 0 heterocycles. The van der Waals surface area contributed by atoms with Crippen molar-refractivity contribution in [3.8, 4) is 0 Å². The largest absolute Gasteiger partial charge is 0.328 e. The van der Waals surface area contributed by atoms with E-state index >= 15 is 0 Å². The molecule has 0 aromatic rings. The van der Waals surface area contributed by atoms with E-state index in [0.717, 1.165) is 12.8 Å². The van der Waals surface area contributed by atoms with Crippen LogP contribution < -0.4 is 5.73 Å². The zero-order valence-corrected chi connectivity index (χ0v) is 7.86. The van der Waals surface area contributed by atoms with Crippen molar-refractivity contribution in [3.05, 3.63) is 0 Å². The molecule has 0 saturated heterocycles. The highest BCUT2D eigenvalue weighted by molar-refractivity contribution is 6.20. The molecule has 0 rings (SSSR count). The highest BCUT2D eigenvalue weighted by atomic mass is 35.5. The Balaban J connectivity index is 3.58. The number of halogens is 1. The standard InChI is InChI=1S/C8H18ClN/c1-4-5-8(9)6(2)7(3)10/h6-8H,4-5,10H2,1-3H3/t6?,7?,8-/m1/s1. The van der Waals surface area contributed by atoms with Crippen LogP contribution in [0, 0.1) is 5.92 Å². The Labute approximate surface area is 68.9 Å². The van der Waals surface area contributed by atoms with E-state index in [0.29, 0.717) is 5.92 Å². The summed E-state index contributed by atoms with van der Waals surface area (Å²) in [5, 5.41) is 0.255. The van der Waals surface area contributed by atoms with Gasteiger partial charge in [-0.15, -0.1) is 11.6 Å². The average molecular weight is 164 g/mol. The Morgan fingerprint density at radius 1 is 1.40 bits per heavy atom. The minimum Gasteiger partial charge on any atom is -0.328 e. The van der Waals surface area contributed by atoms with Crippen molar-refractivity contribution < 1.29 is 0 Å². The first-order valence-electron chi connectivity index (χ1n) is 3.99. The van der Waals surface area contributed by atoms with Crippen molar-refractivity contribution in [2.75, 3.05) is 0 Å². The topological polar surface area (TPSA) is 26.0 Å². The SMILES string of the molecule is CCC[C@@H](Cl)C(C)C(C)N. The Hall–Kier alpha value is 0.250. The van der Waals surface area contributed by atoms with Crippen LogP contribution in [0.4, 0.5) is 0 Å². The molecule has 0 fully saturated rings. The van der Waals surface area contributed by atoms with E-state index in [1.54, 1.807) is 0 Å². The van der Waals surface area contributed by atoms with Gasteiger partial charge in [-0.25, -0.2) is 0 Å². The molecular formula is C8H18ClN. The molecule has 2 heteroatoms. The molecule has 2 unspecified atom stereocenters. The van der Waals surface area contributed by atoms with Gasteiger partial charge >= 0.3 is 0 Å². The van der Waals surface area contributed by atoms with Crippen molar-refractivity contribution >= 4 is 11.6 Å². The summed E-state index contributed by atoms with van der Waals surface area (Å²) >= 11 is 6.05. The summed E-state index contributed by atoms with van der Waals surface area (Å²) in [6.07, 6.45) is 2.22. The molecule has 10 heavy (non-hydrogen) atoms. The molecule has 0 bridgehead atoms. The molecule has 62 valence electrons. The van der Waals surface area contributed by atoms with Gasteiger partial charge in [-0.2, -0.15) is 0 Å². The predicted octanol–water partition coefficient (Wildman–Crippen LogP) is 2.38. The number of alkyl halides is 1. The third kappa shape index (κ3) is 3.43. The first-order valence-corrected chi connectivity index (χ1v) is 4.42. The highest BCUT2D eigenvalue weighted by Gasteiger charge is 2.16. The van der Waals surface area contributed by atoms with E-state index in [1.165, 1.54) is 0 Å². The Kier molecular flexibility index (Phi) is 5.10. The molecule has 0 saturated carbocycles. The molecule has 0 aromatic heterocycles. The molecule has 1 nitrogen and oxygen atoms in total.